The van der Waals surface area contributed by atoms with Crippen molar-refractivity contribution >= 4 is 0 Å². The first-order valence-corrected chi connectivity index (χ1v) is 11.1. The van der Waals surface area contributed by atoms with E-state index in [0.717, 1.165) is 0 Å². The zero-order valence-electron chi connectivity index (χ0n) is 17.0. The van der Waals surface area contributed by atoms with Gasteiger partial charge in [0.05, 0.1) is 18.5 Å². The molecular weight excluding hydrogens is 302 g/mol. The molecule has 2 aliphatic heterocycles. The van der Waals surface area contributed by atoms with Gasteiger partial charge in [0.2, 0.25) is 0 Å². The minimum Gasteiger partial charge on any atom is -0.308 e. The van der Waals surface area contributed by atoms with Crippen molar-refractivity contribution in [3.05, 3.63) is 35.9 Å². The average Bonchev–Trinajstić information content (AvgIpc) is 3.24. The number of quaternary nitrogens is 1. The maximum absolute atomic E-state index is 2.47. The molecule has 0 N–H and O–H groups in total. The van der Waals surface area contributed by atoms with Gasteiger partial charge in [0.15, 0.2) is 5.54 Å². The molecule has 0 radical (unpaired) electrons. The summed E-state index contributed by atoms with van der Waals surface area (Å²) in [4.78, 5) is 0. The molecule has 3 rings (SSSR count). The van der Waals surface area contributed by atoms with Gasteiger partial charge in [0.1, 0.15) is 6.54 Å². The molecule has 1 aromatic rings. The molecule has 25 heavy (non-hydrogen) atoms. The van der Waals surface area contributed by atoms with Crippen LogP contribution in [0.4, 0.5) is 0 Å². The Hall–Kier alpha value is -0.820. The minimum atomic E-state index is 0.444. The van der Waals surface area contributed by atoms with E-state index in [1.165, 1.54) is 88.3 Å². The van der Waals surface area contributed by atoms with Crippen molar-refractivity contribution in [3.63, 3.8) is 0 Å². The highest BCUT2D eigenvalue weighted by atomic mass is 15.6. The highest BCUT2D eigenvalue weighted by molar-refractivity contribution is 5.35. The first kappa shape index (κ1) is 19.0. The van der Waals surface area contributed by atoms with Crippen LogP contribution in [0.15, 0.2) is 30.3 Å². The quantitative estimate of drug-likeness (QED) is 0.246. The second-order valence-electron chi connectivity index (χ2n) is 8.85. The maximum atomic E-state index is 2.47. The molecule has 2 fully saturated rings. The van der Waals surface area contributed by atoms with E-state index in [2.05, 4.69) is 51.1 Å². The Morgan fingerprint density at radius 2 is 1.60 bits per heavy atom. The summed E-state index contributed by atoms with van der Waals surface area (Å²) in [5.74, 6) is 0. The fourth-order valence-corrected chi connectivity index (χ4v) is 6.49. The van der Waals surface area contributed by atoms with E-state index >= 15 is 0 Å². The van der Waals surface area contributed by atoms with Gasteiger partial charge in [-0.15, -0.1) is 0 Å². The number of piperidine rings is 1. The van der Waals surface area contributed by atoms with E-state index in [1.54, 1.807) is 5.56 Å². The smallest absolute Gasteiger partial charge is 0.158 e. The Bertz CT molecular complexity index is 538. The number of rotatable bonds is 11. The van der Waals surface area contributed by atoms with Crippen LogP contribution in [0.25, 0.3) is 0 Å². The van der Waals surface area contributed by atoms with Crippen LogP contribution in [-0.4, -0.2) is 29.7 Å². The number of nitrogens with zero attached hydrogens (tertiary/aromatic N) is 1. The molecule has 3 unspecified atom stereocenters. The van der Waals surface area contributed by atoms with Gasteiger partial charge in [0.25, 0.3) is 0 Å². The predicted octanol–water partition coefficient (Wildman–Crippen LogP) is 6.47. The molecule has 1 nitrogen and oxygen atoms in total. The maximum Gasteiger partial charge on any atom is 0.158 e. The van der Waals surface area contributed by atoms with Crippen LogP contribution < -0.4 is 0 Å². The van der Waals surface area contributed by atoms with E-state index in [1.807, 2.05) is 0 Å². The van der Waals surface area contributed by atoms with Crippen molar-refractivity contribution in [2.45, 2.75) is 95.9 Å². The molecule has 0 amide bonds. The molecule has 140 valence electrons. The molecule has 0 aromatic heterocycles. The van der Waals surface area contributed by atoms with Crippen molar-refractivity contribution in [1.29, 1.82) is 0 Å². The summed E-state index contributed by atoms with van der Waals surface area (Å²) >= 11 is 0. The van der Waals surface area contributed by atoms with E-state index in [-0.39, 0.29) is 0 Å². The average molecular weight is 343 g/mol. The van der Waals surface area contributed by atoms with Crippen LogP contribution in [0.5, 0.6) is 0 Å². The van der Waals surface area contributed by atoms with Crippen molar-refractivity contribution in [2.24, 2.45) is 0 Å². The minimum absolute atomic E-state index is 0.444. The molecule has 3 atom stereocenters. The Balaban J connectivity index is 1.71. The zero-order valence-corrected chi connectivity index (χ0v) is 17.0. The second kappa shape index (κ2) is 7.82. The number of hydrogen-bond acceptors (Lipinski definition) is 0. The first-order valence-electron chi connectivity index (χ1n) is 11.1. The van der Waals surface area contributed by atoms with Crippen molar-refractivity contribution in [1.82, 2.24) is 0 Å². The lowest BCUT2D eigenvalue weighted by molar-refractivity contribution is -0.820. The number of benzene rings is 1. The van der Waals surface area contributed by atoms with Gasteiger partial charge in [-0.25, -0.2) is 0 Å². The SMILES string of the molecule is CCCCCCCC[N+]12CCC(CCC)(c3ccccc3)C1(CC)C2. The molecule has 2 aliphatic rings. The van der Waals surface area contributed by atoms with Crippen LogP contribution in [0.1, 0.15) is 90.5 Å². The van der Waals surface area contributed by atoms with Crippen LogP contribution >= 0.6 is 0 Å². The van der Waals surface area contributed by atoms with Gasteiger partial charge < -0.3 is 4.48 Å². The third-order valence-corrected chi connectivity index (χ3v) is 7.75. The Kier molecular flexibility index (Phi) is 5.93. The first-order chi connectivity index (χ1) is 12.2. The van der Waals surface area contributed by atoms with Gasteiger partial charge in [-0.3, -0.25) is 0 Å². The number of unbranched alkanes of at least 4 members (excludes halogenated alkanes) is 5. The van der Waals surface area contributed by atoms with Crippen LogP contribution in [0.3, 0.4) is 0 Å². The Morgan fingerprint density at radius 3 is 2.28 bits per heavy atom. The van der Waals surface area contributed by atoms with Crippen molar-refractivity contribution in [2.75, 3.05) is 19.6 Å². The second-order valence-corrected chi connectivity index (χ2v) is 8.85. The summed E-state index contributed by atoms with van der Waals surface area (Å²) in [5, 5.41) is 0. The highest BCUT2D eigenvalue weighted by Crippen LogP contribution is 2.66. The molecule has 0 saturated carbocycles. The summed E-state index contributed by atoms with van der Waals surface area (Å²) in [5.41, 5.74) is 2.63. The van der Waals surface area contributed by atoms with Crippen molar-refractivity contribution < 1.29 is 4.48 Å². The van der Waals surface area contributed by atoms with E-state index < -0.39 is 0 Å². The third kappa shape index (κ3) is 3.07. The molecule has 1 aromatic carbocycles. The largest absolute Gasteiger partial charge is 0.308 e. The molecular formula is C24H40N+. The lowest BCUT2D eigenvalue weighted by atomic mass is 9.65. The highest BCUT2D eigenvalue weighted by Gasteiger charge is 2.81. The molecule has 1 heteroatoms. The van der Waals surface area contributed by atoms with E-state index in [0.29, 0.717) is 11.0 Å². The van der Waals surface area contributed by atoms with Gasteiger partial charge >= 0.3 is 0 Å². The topological polar surface area (TPSA) is 0 Å². The fraction of sp³-hybridized carbons (Fsp3) is 0.750. The zero-order chi connectivity index (χ0) is 17.8. The van der Waals surface area contributed by atoms with Crippen molar-refractivity contribution in [3.8, 4) is 0 Å². The van der Waals surface area contributed by atoms with E-state index in [9.17, 15) is 0 Å². The van der Waals surface area contributed by atoms with E-state index in [4.69, 9.17) is 0 Å². The molecule has 2 saturated heterocycles. The fourth-order valence-electron chi connectivity index (χ4n) is 6.49. The Morgan fingerprint density at radius 1 is 0.880 bits per heavy atom. The number of hydrogen-bond donors (Lipinski definition) is 0. The van der Waals surface area contributed by atoms with Gasteiger partial charge in [-0.1, -0.05) is 83.2 Å². The molecule has 0 bridgehead atoms. The summed E-state index contributed by atoms with van der Waals surface area (Å²) in [6.45, 7) is 11.5. The summed E-state index contributed by atoms with van der Waals surface area (Å²) in [7, 11) is 0. The predicted molar refractivity (Wildman–Crippen MR) is 109 cm³/mol. The third-order valence-electron chi connectivity index (χ3n) is 7.75. The monoisotopic (exact) mass is 342 g/mol. The number of fused-ring (bicyclic) bond motifs is 1. The molecule has 0 aliphatic carbocycles. The van der Waals surface area contributed by atoms with Crippen LogP contribution in [0, 0.1) is 0 Å². The Labute approximate surface area is 156 Å². The lowest BCUT2D eigenvalue weighted by Crippen LogP contribution is -2.43. The van der Waals surface area contributed by atoms with Gasteiger partial charge in [-0.2, -0.15) is 0 Å². The summed E-state index contributed by atoms with van der Waals surface area (Å²) in [6, 6.07) is 11.6. The molecule has 2 heterocycles. The van der Waals surface area contributed by atoms with Gasteiger partial charge in [0, 0.05) is 12.8 Å². The lowest BCUT2D eigenvalue weighted by Gasteiger charge is -2.35. The normalized spacial score (nSPS) is 33.4. The van der Waals surface area contributed by atoms with Crippen LogP contribution in [-0.2, 0) is 5.41 Å². The standard InChI is InChI=1S/C24H40N/c1-4-7-8-9-10-14-19-25-20-18-23(17-5-2,24(25,6-3)21-25)22-15-12-11-13-16-22/h11-13,15-16H,4-10,14,17-21H2,1-3H3/q+1. The summed E-state index contributed by atoms with van der Waals surface area (Å²) in [6.07, 6.45) is 14.0. The summed E-state index contributed by atoms with van der Waals surface area (Å²) < 4.78 is 1.45. The van der Waals surface area contributed by atoms with Gasteiger partial charge in [-0.05, 0) is 24.8 Å². The molecule has 0 spiro atoms. The van der Waals surface area contributed by atoms with Crippen LogP contribution in [0.2, 0.25) is 0 Å².